The number of hydrogen-bond acceptors (Lipinski definition) is 4. The van der Waals surface area contributed by atoms with E-state index in [2.05, 4.69) is 0 Å². The van der Waals surface area contributed by atoms with E-state index < -0.39 is 21.4 Å². The molecule has 0 bridgehead atoms. The van der Waals surface area contributed by atoms with Crippen molar-refractivity contribution in [1.82, 2.24) is 9.21 Å². The molecule has 3 rings (SSSR count). The molecule has 0 unspecified atom stereocenters. The fraction of sp³-hybridized carbons (Fsp3) is 0.611. The lowest BCUT2D eigenvalue weighted by atomic mass is 9.92. The molecule has 0 aromatic heterocycles. The normalized spacial score (nSPS) is 25.6. The molecule has 1 spiro atoms. The summed E-state index contributed by atoms with van der Waals surface area (Å²) in [7, 11) is -1.46. The van der Waals surface area contributed by atoms with E-state index in [0.717, 1.165) is 0 Å². The molecule has 1 atom stereocenters. The molecule has 144 valence electrons. The molecule has 1 aromatic rings. The second-order valence-electron chi connectivity index (χ2n) is 7.80. The molecule has 2 fully saturated rings. The number of anilines is 1. The average molecular weight is 383 g/mol. The summed E-state index contributed by atoms with van der Waals surface area (Å²) < 4.78 is 40.4. The van der Waals surface area contributed by atoms with Crippen LogP contribution in [0.1, 0.15) is 20.3 Å². The Morgan fingerprint density at radius 3 is 2.65 bits per heavy atom. The Morgan fingerprint density at radius 1 is 1.27 bits per heavy atom. The highest BCUT2D eigenvalue weighted by Gasteiger charge is 2.50. The number of benzene rings is 1. The Balaban J connectivity index is 1.84. The van der Waals surface area contributed by atoms with Crippen LogP contribution in [0.15, 0.2) is 24.3 Å². The Hall–Kier alpha value is -1.51. The number of sulfonamides is 1. The maximum absolute atomic E-state index is 13.6. The van der Waals surface area contributed by atoms with Gasteiger partial charge in [-0.1, -0.05) is 19.9 Å². The number of hydrogen-bond donors (Lipinski definition) is 0. The van der Waals surface area contributed by atoms with Crippen molar-refractivity contribution in [2.24, 2.45) is 5.92 Å². The first-order valence-corrected chi connectivity index (χ1v) is 10.5. The number of piperazine rings is 1. The van der Waals surface area contributed by atoms with Crippen molar-refractivity contribution in [2.45, 2.75) is 25.8 Å². The van der Waals surface area contributed by atoms with Crippen LogP contribution in [0.4, 0.5) is 10.1 Å². The Morgan fingerprint density at radius 2 is 2.00 bits per heavy atom. The number of amides is 1. The van der Waals surface area contributed by atoms with Gasteiger partial charge >= 0.3 is 0 Å². The minimum Gasteiger partial charge on any atom is -0.309 e. The molecular formula is C18H26FN3O3S. The first kappa shape index (κ1) is 19.3. The Bertz CT molecular complexity index is 799. The number of carbonyl (C=O) groups is 1. The summed E-state index contributed by atoms with van der Waals surface area (Å²) in [4.78, 5) is 16.0. The number of nitrogens with zero attached hydrogens (tertiary/aromatic N) is 3. The first-order valence-electron chi connectivity index (χ1n) is 8.88. The monoisotopic (exact) mass is 383 g/mol. The topological polar surface area (TPSA) is 60.9 Å². The predicted molar refractivity (Wildman–Crippen MR) is 98.9 cm³/mol. The van der Waals surface area contributed by atoms with Crippen molar-refractivity contribution in [1.29, 1.82) is 0 Å². The molecule has 0 aliphatic carbocycles. The van der Waals surface area contributed by atoms with Gasteiger partial charge in [0.15, 0.2) is 0 Å². The number of halogens is 1. The van der Waals surface area contributed by atoms with Gasteiger partial charge in [0, 0.05) is 25.3 Å². The summed E-state index contributed by atoms with van der Waals surface area (Å²) in [5.41, 5.74) is 0.0792. The molecular weight excluding hydrogens is 357 g/mol. The molecule has 6 nitrogen and oxygen atoms in total. The van der Waals surface area contributed by atoms with Crippen LogP contribution >= 0.6 is 0 Å². The van der Waals surface area contributed by atoms with Crippen LogP contribution in [-0.4, -0.2) is 68.0 Å². The van der Waals surface area contributed by atoms with E-state index in [1.807, 2.05) is 25.8 Å². The number of carbonyl (C=O) groups excluding carboxylic acids is 1. The number of likely N-dealkylation sites (N-methyl/N-ethyl adjacent to an activating group) is 1. The van der Waals surface area contributed by atoms with E-state index in [-0.39, 0.29) is 24.1 Å². The van der Waals surface area contributed by atoms with Crippen LogP contribution in [0.5, 0.6) is 0 Å². The van der Waals surface area contributed by atoms with Crippen LogP contribution in [0.2, 0.25) is 0 Å². The smallest absolute Gasteiger partial charge is 0.241 e. The van der Waals surface area contributed by atoms with Crippen LogP contribution < -0.4 is 4.90 Å². The van der Waals surface area contributed by atoms with Gasteiger partial charge in [-0.25, -0.2) is 12.8 Å². The zero-order valence-electron chi connectivity index (χ0n) is 15.5. The standard InChI is InChI=1S/C18H26FN3O3S/c1-14(2)11-26(24,25)21-8-7-18(12-21)13-22(17(23)10-20(18)3)16-6-4-5-15(19)9-16/h4-6,9,14H,7-8,10-13H2,1-3H3/t18-/m0/s1. The second-order valence-corrected chi connectivity index (χ2v) is 9.81. The van der Waals surface area contributed by atoms with Gasteiger partial charge in [-0.2, -0.15) is 4.31 Å². The van der Waals surface area contributed by atoms with Crippen molar-refractivity contribution >= 4 is 21.6 Å². The van der Waals surface area contributed by atoms with E-state index in [1.165, 1.54) is 12.1 Å². The maximum Gasteiger partial charge on any atom is 0.241 e. The summed E-state index contributed by atoms with van der Waals surface area (Å²) >= 11 is 0. The van der Waals surface area contributed by atoms with E-state index in [1.54, 1.807) is 21.3 Å². The summed E-state index contributed by atoms with van der Waals surface area (Å²) in [5.74, 6) is -0.312. The van der Waals surface area contributed by atoms with Gasteiger partial charge < -0.3 is 4.90 Å². The van der Waals surface area contributed by atoms with Crippen LogP contribution in [0.3, 0.4) is 0 Å². The average Bonchev–Trinajstić information content (AvgIpc) is 2.96. The fourth-order valence-electron chi connectivity index (χ4n) is 3.86. The van der Waals surface area contributed by atoms with Crippen LogP contribution in [0, 0.1) is 11.7 Å². The van der Waals surface area contributed by atoms with Gasteiger partial charge in [0.1, 0.15) is 5.82 Å². The fourth-order valence-corrected chi connectivity index (χ4v) is 5.72. The van der Waals surface area contributed by atoms with Crippen molar-refractivity contribution in [3.8, 4) is 0 Å². The molecule has 2 saturated heterocycles. The zero-order valence-corrected chi connectivity index (χ0v) is 16.3. The van der Waals surface area contributed by atoms with E-state index in [4.69, 9.17) is 0 Å². The van der Waals surface area contributed by atoms with E-state index >= 15 is 0 Å². The van der Waals surface area contributed by atoms with Gasteiger partial charge in [-0.3, -0.25) is 9.69 Å². The third-order valence-corrected chi connectivity index (χ3v) is 7.48. The lowest BCUT2D eigenvalue weighted by Crippen LogP contribution is -2.64. The molecule has 0 radical (unpaired) electrons. The summed E-state index contributed by atoms with van der Waals surface area (Å²) in [6, 6.07) is 5.98. The summed E-state index contributed by atoms with van der Waals surface area (Å²) in [6.07, 6.45) is 0.653. The van der Waals surface area contributed by atoms with Crippen LogP contribution in [0.25, 0.3) is 0 Å². The van der Waals surface area contributed by atoms with Crippen molar-refractivity contribution in [3.63, 3.8) is 0 Å². The van der Waals surface area contributed by atoms with Crippen LogP contribution in [-0.2, 0) is 14.8 Å². The summed E-state index contributed by atoms with van der Waals surface area (Å²) in [5, 5.41) is 0. The molecule has 8 heteroatoms. The molecule has 0 saturated carbocycles. The zero-order chi connectivity index (χ0) is 19.1. The lowest BCUT2D eigenvalue weighted by molar-refractivity contribution is -0.123. The first-order chi connectivity index (χ1) is 12.1. The highest BCUT2D eigenvalue weighted by Crippen LogP contribution is 2.34. The maximum atomic E-state index is 13.6. The van der Waals surface area contributed by atoms with Crippen molar-refractivity contribution < 1.29 is 17.6 Å². The van der Waals surface area contributed by atoms with Crippen molar-refractivity contribution in [2.75, 3.05) is 43.9 Å². The van der Waals surface area contributed by atoms with Gasteiger partial charge in [-0.15, -0.1) is 0 Å². The SMILES string of the molecule is CC(C)CS(=O)(=O)N1CC[C@@]2(CN(c3cccc(F)c3)C(=O)CN2C)C1. The third-order valence-electron chi connectivity index (χ3n) is 5.29. The minimum atomic E-state index is -3.32. The third kappa shape index (κ3) is 3.63. The van der Waals surface area contributed by atoms with Gasteiger partial charge in [0.2, 0.25) is 15.9 Å². The molecule has 2 aliphatic heterocycles. The second kappa shape index (κ2) is 6.90. The molecule has 1 aromatic carbocycles. The van der Waals surface area contributed by atoms with Gasteiger partial charge in [0.25, 0.3) is 0 Å². The van der Waals surface area contributed by atoms with Crippen molar-refractivity contribution in [3.05, 3.63) is 30.1 Å². The highest BCUT2D eigenvalue weighted by molar-refractivity contribution is 7.89. The predicted octanol–water partition coefficient (Wildman–Crippen LogP) is 1.53. The van der Waals surface area contributed by atoms with E-state index in [0.29, 0.717) is 31.7 Å². The molecule has 26 heavy (non-hydrogen) atoms. The molecule has 0 N–H and O–H groups in total. The van der Waals surface area contributed by atoms with E-state index in [9.17, 15) is 17.6 Å². The quantitative estimate of drug-likeness (QED) is 0.791. The van der Waals surface area contributed by atoms with Gasteiger partial charge in [-0.05, 0) is 37.6 Å². The molecule has 1 amide bonds. The highest BCUT2D eigenvalue weighted by atomic mass is 32.2. The Kier molecular flexibility index (Phi) is 5.11. The molecule has 2 heterocycles. The molecule has 2 aliphatic rings. The Labute approximate surface area is 154 Å². The number of rotatable bonds is 4. The largest absolute Gasteiger partial charge is 0.309 e. The van der Waals surface area contributed by atoms with Gasteiger partial charge in [0.05, 0.1) is 17.8 Å². The summed E-state index contributed by atoms with van der Waals surface area (Å²) in [6.45, 7) is 5.14. The lowest BCUT2D eigenvalue weighted by Gasteiger charge is -2.46. The minimum absolute atomic E-state index is 0.0611.